The lowest BCUT2D eigenvalue weighted by Crippen LogP contribution is -2.50. The number of hydrogen-bond acceptors (Lipinski definition) is 3. The number of benzene rings is 2. The Bertz CT molecular complexity index is 849. The van der Waals surface area contributed by atoms with E-state index in [4.69, 9.17) is 9.47 Å². The monoisotopic (exact) mass is 512 g/mol. The second-order valence-corrected chi connectivity index (χ2v) is 20.7. The maximum Gasteiger partial charge on any atom is 0.118 e. The van der Waals surface area contributed by atoms with Gasteiger partial charge < -0.3 is 14.6 Å². The van der Waals surface area contributed by atoms with Gasteiger partial charge in [-0.2, -0.15) is 0 Å². The fraction of sp³-hybridized carbons (Fsp3) is 0.533. The number of methoxy groups -OCH3 is 1. The van der Waals surface area contributed by atoms with Crippen molar-refractivity contribution in [3.8, 4) is 5.75 Å². The van der Waals surface area contributed by atoms with Crippen molar-refractivity contribution >= 4 is 16.1 Å². The highest BCUT2D eigenvalue weighted by molar-refractivity contribution is 7.07. The number of aliphatic hydroxyl groups excluding tert-OH is 1. The van der Waals surface area contributed by atoms with Crippen LogP contribution in [0.2, 0.25) is 36.3 Å². The fourth-order valence-corrected chi connectivity index (χ4v) is 19.7. The van der Waals surface area contributed by atoms with E-state index >= 15 is 0 Å². The number of hydrogen-bond donors (Lipinski definition) is 1. The molecule has 0 unspecified atom stereocenters. The van der Waals surface area contributed by atoms with E-state index in [9.17, 15) is 5.11 Å². The second-order valence-electron chi connectivity index (χ2n) is 9.74. The van der Waals surface area contributed by atoms with Crippen molar-refractivity contribution in [2.24, 2.45) is 0 Å². The maximum absolute atomic E-state index is 11.7. The quantitative estimate of drug-likeness (QED) is 0.244. The van der Waals surface area contributed by atoms with Crippen LogP contribution in [0.5, 0.6) is 5.75 Å². The molecule has 0 aliphatic carbocycles. The molecule has 0 saturated heterocycles. The zero-order chi connectivity index (χ0) is 25.9. The highest BCUT2D eigenvalue weighted by Crippen LogP contribution is 2.41. The third kappa shape index (κ3) is 6.97. The minimum Gasteiger partial charge on any atom is -0.497 e. The molecule has 0 radical (unpaired) electrons. The summed E-state index contributed by atoms with van der Waals surface area (Å²) in [4.78, 5) is 1.75. The smallest absolute Gasteiger partial charge is 0.118 e. The molecule has 194 valence electrons. The zero-order valence-electron chi connectivity index (χ0n) is 23.1. The molecule has 0 saturated carbocycles. The second kappa shape index (κ2) is 14.2. The molecule has 0 aromatic heterocycles. The first kappa shape index (κ1) is 29.6. The fourth-order valence-electron chi connectivity index (χ4n) is 5.71. The van der Waals surface area contributed by atoms with Crippen LogP contribution in [-0.4, -0.2) is 34.5 Å². The zero-order valence-corrected chi connectivity index (χ0v) is 25.1. The first-order valence-electron chi connectivity index (χ1n) is 13.6. The van der Waals surface area contributed by atoms with Crippen molar-refractivity contribution < 1.29 is 14.6 Å². The van der Waals surface area contributed by atoms with Gasteiger partial charge in [0.25, 0.3) is 0 Å². The van der Waals surface area contributed by atoms with E-state index in [1.54, 1.807) is 11.9 Å². The Morgan fingerprint density at radius 2 is 1.26 bits per heavy atom. The Labute approximate surface area is 216 Å². The number of rotatable bonds is 15. The van der Waals surface area contributed by atoms with Gasteiger partial charge in [0, 0.05) is 0 Å². The predicted octanol–water partition coefficient (Wildman–Crippen LogP) is 8.34. The van der Waals surface area contributed by atoms with Crippen LogP contribution in [0.15, 0.2) is 65.5 Å². The molecule has 2 atom stereocenters. The average molecular weight is 513 g/mol. The SMILES string of the molecule is CC[Si](CC)(CC)C(=C[C@@H](OCc1ccccc1)[C@H](O)c1ccc(OC)cc1)[Si](CC)(CC)CC. The number of aliphatic hydroxyl groups is 1. The largest absolute Gasteiger partial charge is 0.497 e. The van der Waals surface area contributed by atoms with E-state index in [1.165, 1.54) is 36.3 Å². The summed E-state index contributed by atoms with van der Waals surface area (Å²) >= 11 is 0. The summed E-state index contributed by atoms with van der Waals surface area (Å²) in [6.45, 7) is 14.9. The molecule has 0 fully saturated rings. The van der Waals surface area contributed by atoms with Gasteiger partial charge in [-0.1, -0.05) is 131 Å². The molecule has 2 rings (SSSR count). The van der Waals surface area contributed by atoms with Crippen molar-refractivity contribution in [3.63, 3.8) is 0 Å². The van der Waals surface area contributed by atoms with E-state index in [1.807, 2.05) is 42.5 Å². The van der Waals surface area contributed by atoms with Crippen molar-refractivity contribution in [3.05, 3.63) is 76.6 Å². The highest BCUT2D eigenvalue weighted by atomic mass is 28.4. The van der Waals surface area contributed by atoms with Crippen molar-refractivity contribution in [2.75, 3.05) is 7.11 Å². The molecule has 5 heteroatoms. The normalized spacial score (nSPS) is 13.8. The van der Waals surface area contributed by atoms with Crippen LogP contribution >= 0.6 is 0 Å². The van der Waals surface area contributed by atoms with Gasteiger partial charge in [0.2, 0.25) is 0 Å². The van der Waals surface area contributed by atoms with E-state index in [2.05, 4.69) is 59.8 Å². The Morgan fingerprint density at radius 3 is 1.69 bits per heavy atom. The summed E-state index contributed by atoms with van der Waals surface area (Å²) < 4.78 is 11.9. The summed E-state index contributed by atoms with van der Waals surface area (Å²) in [7, 11) is -1.66. The third-order valence-corrected chi connectivity index (χ3v) is 22.5. The first-order valence-corrected chi connectivity index (χ1v) is 18.8. The average Bonchev–Trinajstić information content (AvgIpc) is 2.93. The van der Waals surface area contributed by atoms with E-state index < -0.39 is 22.3 Å². The lowest BCUT2D eigenvalue weighted by Gasteiger charge is -2.44. The van der Waals surface area contributed by atoms with Gasteiger partial charge in [-0.15, -0.1) is 0 Å². The highest BCUT2D eigenvalue weighted by Gasteiger charge is 2.44. The Kier molecular flexibility index (Phi) is 12.0. The minimum absolute atomic E-state index is 0.383. The third-order valence-electron chi connectivity index (χ3n) is 8.59. The lowest BCUT2D eigenvalue weighted by atomic mass is 10.0. The van der Waals surface area contributed by atoms with Crippen LogP contribution in [0.25, 0.3) is 0 Å². The molecule has 0 aliphatic rings. The number of ether oxygens (including phenoxy) is 2. The van der Waals surface area contributed by atoms with Gasteiger partial charge in [-0.05, 0) is 23.3 Å². The molecular weight excluding hydrogens is 464 g/mol. The summed E-state index contributed by atoms with van der Waals surface area (Å²) in [5.41, 5.74) is 2.00. The Balaban J connectivity index is 2.63. The molecule has 1 N–H and O–H groups in total. The Morgan fingerprint density at radius 1 is 0.771 bits per heavy atom. The van der Waals surface area contributed by atoms with Gasteiger partial charge >= 0.3 is 0 Å². The van der Waals surface area contributed by atoms with Crippen LogP contribution in [0.4, 0.5) is 0 Å². The summed E-state index contributed by atoms with van der Waals surface area (Å²) in [5.74, 6) is 0.794. The first-order chi connectivity index (χ1) is 16.9. The molecule has 2 aromatic carbocycles. The van der Waals surface area contributed by atoms with Crippen molar-refractivity contribution in [2.45, 2.75) is 96.6 Å². The van der Waals surface area contributed by atoms with E-state index in [0.29, 0.717) is 6.61 Å². The molecule has 3 nitrogen and oxygen atoms in total. The maximum atomic E-state index is 11.7. The molecular formula is C30H48O3Si2. The standard InChI is InChI=1S/C30H48O3Si2/c1-8-34(9-2,10-3)29(35(11-4,12-5)13-6)23-28(33-24-25-17-15-14-16-18-25)30(31)26-19-21-27(32-7)22-20-26/h14-23,28,30-31H,8-13,24H2,1-7H3/t28-,30-/m1/s1. The summed E-state index contributed by atoms with van der Waals surface area (Å²) in [6, 6.07) is 25.6. The Hall–Kier alpha value is -1.67. The topological polar surface area (TPSA) is 38.7 Å². The molecule has 0 heterocycles. The molecule has 35 heavy (non-hydrogen) atoms. The van der Waals surface area contributed by atoms with Gasteiger partial charge in [0.15, 0.2) is 0 Å². The summed E-state index contributed by atoms with van der Waals surface area (Å²) in [6.07, 6.45) is 1.32. The van der Waals surface area contributed by atoms with Gasteiger partial charge in [-0.25, -0.2) is 0 Å². The van der Waals surface area contributed by atoms with Gasteiger partial charge in [0.1, 0.15) is 18.0 Å². The van der Waals surface area contributed by atoms with Gasteiger partial charge in [-0.3, -0.25) is 0 Å². The van der Waals surface area contributed by atoms with Crippen LogP contribution in [0.1, 0.15) is 58.8 Å². The van der Waals surface area contributed by atoms with E-state index in [-0.39, 0.29) is 6.10 Å². The van der Waals surface area contributed by atoms with Crippen molar-refractivity contribution in [1.82, 2.24) is 0 Å². The minimum atomic E-state index is -1.67. The van der Waals surface area contributed by atoms with E-state index in [0.717, 1.165) is 16.9 Å². The molecule has 0 aliphatic heterocycles. The van der Waals surface area contributed by atoms with Crippen LogP contribution in [0.3, 0.4) is 0 Å². The van der Waals surface area contributed by atoms with Crippen LogP contribution in [-0.2, 0) is 11.3 Å². The van der Waals surface area contributed by atoms with Crippen LogP contribution < -0.4 is 4.74 Å². The molecule has 0 spiro atoms. The molecule has 2 aromatic rings. The molecule has 0 amide bonds. The van der Waals surface area contributed by atoms with Crippen LogP contribution in [0, 0.1) is 0 Å². The molecule has 0 bridgehead atoms. The predicted molar refractivity (Wildman–Crippen MR) is 155 cm³/mol. The lowest BCUT2D eigenvalue weighted by molar-refractivity contribution is -0.0198. The van der Waals surface area contributed by atoms with Crippen molar-refractivity contribution in [1.29, 1.82) is 0 Å². The van der Waals surface area contributed by atoms with Gasteiger partial charge in [0.05, 0.1) is 29.9 Å². The summed E-state index contributed by atoms with van der Waals surface area (Å²) in [5, 5.41) is 11.7.